The molecule has 31 heavy (non-hydrogen) atoms. The zero-order valence-electron chi connectivity index (χ0n) is 18.0. The minimum atomic E-state index is -0.738. The van der Waals surface area contributed by atoms with Gasteiger partial charge in [0, 0.05) is 11.3 Å². The normalized spacial score (nSPS) is 25.5. The van der Waals surface area contributed by atoms with Crippen LogP contribution >= 0.6 is 0 Å². The van der Waals surface area contributed by atoms with Crippen LogP contribution in [0.1, 0.15) is 56.2 Å². The number of aliphatic imine (C=N–C) groups is 1. The highest BCUT2D eigenvalue weighted by atomic mass is 19.1. The van der Waals surface area contributed by atoms with Gasteiger partial charge in [0.25, 0.3) is 0 Å². The second kappa shape index (κ2) is 7.27. The number of fused-ring (bicyclic) bond motifs is 2. The third kappa shape index (κ3) is 3.63. The third-order valence-corrected chi connectivity index (χ3v) is 6.62. The molecule has 2 aromatic rings. The summed E-state index contributed by atoms with van der Waals surface area (Å²) in [5, 5.41) is 21.4. The second-order valence-corrected chi connectivity index (χ2v) is 9.03. The topological polar surface area (TPSA) is 112 Å². The number of halogens is 1. The molecule has 2 aromatic carbocycles. The van der Waals surface area contributed by atoms with E-state index in [4.69, 9.17) is 11.1 Å². The van der Waals surface area contributed by atoms with Crippen molar-refractivity contribution in [1.82, 2.24) is 0 Å². The molecule has 1 spiro atoms. The summed E-state index contributed by atoms with van der Waals surface area (Å²) < 4.78 is 14.6. The number of nitrogens with two attached hydrogens (primary N) is 1. The highest BCUT2D eigenvalue weighted by Crippen LogP contribution is 2.50. The summed E-state index contributed by atoms with van der Waals surface area (Å²) in [5.74, 6) is -0.355. The van der Waals surface area contributed by atoms with Crippen molar-refractivity contribution in [3.8, 4) is 11.1 Å². The van der Waals surface area contributed by atoms with Crippen molar-refractivity contribution >= 4 is 23.3 Å². The van der Waals surface area contributed by atoms with Crippen LogP contribution in [0.3, 0.4) is 0 Å². The Morgan fingerprint density at radius 1 is 1.23 bits per heavy atom. The summed E-state index contributed by atoms with van der Waals surface area (Å²) in [5.41, 5.74) is 8.04. The largest absolute Gasteiger partial charge is 0.390 e. The zero-order valence-corrected chi connectivity index (χ0v) is 18.0. The van der Waals surface area contributed by atoms with Gasteiger partial charge in [-0.3, -0.25) is 10.2 Å². The number of amides is 1. The Kier molecular flexibility index (Phi) is 4.97. The lowest BCUT2D eigenvalue weighted by molar-refractivity contribution is -0.123. The Balaban J connectivity index is 1.75. The van der Waals surface area contributed by atoms with Crippen LogP contribution in [0.2, 0.25) is 0 Å². The first-order valence-corrected chi connectivity index (χ1v) is 10.4. The van der Waals surface area contributed by atoms with Crippen molar-refractivity contribution in [2.45, 2.75) is 57.5 Å². The van der Waals surface area contributed by atoms with Crippen molar-refractivity contribution in [2.75, 3.05) is 5.32 Å². The fourth-order valence-corrected chi connectivity index (χ4v) is 4.66. The molecule has 162 valence electrons. The van der Waals surface area contributed by atoms with Crippen LogP contribution in [-0.2, 0) is 10.2 Å². The summed E-state index contributed by atoms with van der Waals surface area (Å²) in [6.07, 6.45) is 2.32. The summed E-state index contributed by atoms with van der Waals surface area (Å²) >= 11 is 0. The minimum absolute atomic E-state index is 0.0404. The van der Waals surface area contributed by atoms with Crippen molar-refractivity contribution in [1.29, 1.82) is 5.41 Å². The Hall–Kier alpha value is -3.06. The van der Waals surface area contributed by atoms with Gasteiger partial charge in [-0.1, -0.05) is 12.1 Å². The number of carbonyl (C=O) groups excluding carboxylic acids is 1. The number of amidine groups is 2. The van der Waals surface area contributed by atoms with E-state index in [1.165, 1.54) is 6.07 Å². The number of rotatable bonds is 2. The maximum atomic E-state index is 14.6. The second-order valence-electron chi connectivity index (χ2n) is 9.03. The number of anilines is 1. The van der Waals surface area contributed by atoms with Crippen LogP contribution in [0.5, 0.6) is 0 Å². The standard InChI is InChI=1S/C24H27FN4O2/c1-13-17(10-16(11-19(13)25)21(27)28-14(2)26)15-4-5-18-20(12-15)29-22(30)24(18)8-6-23(3,31)7-9-24/h4-5,10-12,31H,6-9H2,1-3H3,(H,29,30)(H3,26,27,28). The van der Waals surface area contributed by atoms with Crippen LogP contribution in [0.15, 0.2) is 35.3 Å². The molecule has 0 atom stereocenters. The Morgan fingerprint density at radius 3 is 2.55 bits per heavy atom. The number of hydrogen-bond donors (Lipinski definition) is 4. The third-order valence-electron chi connectivity index (χ3n) is 6.62. The fourth-order valence-electron chi connectivity index (χ4n) is 4.66. The van der Waals surface area contributed by atoms with E-state index in [0.29, 0.717) is 42.4 Å². The lowest BCUT2D eigenvalue weighted by atomic mass is 9.66. The molecule has 1 saturated carbocycles. The van der Waals surface area contributed by atoms with Gasteiger partial charge < -0.3 is 16.2 Å². The van der Waals surface area contributed by atoms with Gasteiger partial charge in [-0.05, 0) is 86.9 Å². The average Bonchev–Trinajstić information content (AvgIpc) is 2.96. The molecule has 0 bridgehead atoms. The van der Waals surface area contributed by atoms with Crippen molar-refractivity contribution in [2.24, 2.45) is 10.7 Å². The Morgan fingerprint density at radius 2 is 1.90 bits per heavy atom. The van der Waals surface area contributed by atoms with E-state index in [1.807, 2.05) is 25.1 Å². The predicted molar refractivity (Wildman–Crippen MR) is 120 cm³/mol. The van der Waals surface area contributed by atoms with Crippen molar-refractivity contribution < 1.29 is 14.3 Å². The van der Waals surface area contributed by atoms with Gasteiger partial charge in [-0.25, -0.2) is 9.38 Å². The van der Waals surface area contributed by atoms with Gasteiger partial charge in [0.15, 0.2) is 5.84 Å². The zero-order chi connectivity index (χ0) is 22.6. The van der Waals surface area contributed by atoms with Gasteiger partial charge in [-0.2, -0.15) is 0 Å². The molecule has 6 nitrogen and oxygen atoms in total. The lowest BCUT2D eigenvalue weighted by Crippen LogP contribution is -2.43. The fraction of sp³-hybridized carbons (Fsp3) is 0.375. The molecular formula is C24H27FN4O2. The van der Waals surface area contributed by atoms with Crippen LogP contribution < -0.4 is 11.1 Å². The van der Waals surface area contributed by atoms with Gasteiger partial charge in [0.1, 0.15) is 5.82 Å². The summed E-state index contributed by atoms with van der Waals surface area (Å²) in [6.45, 7) is 5.07. The van der Waals surface area contributed by atoms with E-state index in [0.717, 1.165) is 16.8 Å². The molecule has 0 radical (unpaired) electrons. The molecule has 1 aliphatic carbocycles. The highest BCUT2D eigenvalue weighted by Gasteiger charge is 2.50. The molecule has 5 N–H and O–H groups in total. The summed E-state index contributed by atoms with van der Waals surface area (Å²) in [6, 6.07) is 8.69. The molecule has 1 amide bonds. The van der Waals surface area contributed by atoms with Crippen molar-refractivity contribution in [3.05, 3.63) is 52.8 Å². The molecule has 7 heteroatoms. The van der Waals surface area contributed by atoms with Crippen LogP contribution in [0, 0.1) is 18.2 Å². The van der Waals surface area contributed by atoms with E-state index >= 15 is 0 Å². The highest BCUT2D eigenvalue weighted by molar-refractivity contribution is 6.07. The average molecular weight is 423 g/mol. The molecule has 0 unspecified atom stereocenters. The van der Waals surface area contributed by atoms with Gasteiger partial charge in [0.2, 0.25) is 5.91 Å². The molecule has 1 fully saturated rings. The summed E-state index contributed by atoms with van der Waals surface area (Å²) in [7, 11) is 0. The minimum Gasteiger partial charge on any atom is -0.390 e. The summed E-state index contributed by atoms with van der Waals surface area (Å²) in [4.78, 5) is 16.8. The number of hydrogen-bond acceptors (Lipinski definition) is 3. The number of benzene rings is 2. The van der Waals surface area contributed by atoms with E-state index in [2.05, 4.69) is 10.3 Å². The molecule has 1 aliphatic heterocycles. The molecule has 4 rings (SSSR count). The Bertz CT molecular complexity index is 1120. The number of aliphatic hydroxyl groups is 1. The molecule has 1 heterocycles. The molecular weight excluding hydrogens is 395 g/mol. The Labute approximate surface area is 180 Å². The van der Waals surface area contributed by atoms with Gasteiger partial charge >= 0.3 is 0 Å². The first kappa shape index (κ1) is 21.2. The van der Waals surface area contributed by atoms with Gasteiger partial charge in [-0.15, -0.1) is 0 Å². The van der Waals surface area contributed by atoms with Crippen molar-refractivity contribution in [3.63, 3.8) is 0 Å². The SMILES string of the molecule is CC(N)=NC(=N)c1cc(F)c(C)c(-c2ccc3c(c2)NC(=O)C32CCC(C)(O)CC2)c1. The lowest BCUT2D eigenvalue weighted by Gasteiger charge is -2.39. The molecule has 2 aliphatic rings. The van der Waals surface area contributed by atoms with Crippen LogP contribution in [0.25, 0.3) is 11.1 Å². The molecule has 0 saturated heterocycles. The first-order valence-electron chi connectivity index (χ1n) is 10.4. The van der Waals surface area contributed by atoms with Crippen LogP contribution in [0.4, 0.5) is 10.1 Å². The maximum Gasteiger partial charge on any atom is 0.235 e. The quantitative estimate of drug-likeness (QED) is 0.433. The predicted octanol–water partition coefficient (Wildman–Crippen LogP) is 4.02. The maximum absolute atomic E-state index is 14.6. The monoisotopic (exact) mass is 422 g/mol. The van der Waals surface area contributed by atoms with E-state index in [1.54, 1.807) is 19.9 Å². The van der Waals surface area contributed by atoms with E-state index in [-0.39, 0.29) is 17.6 Å². The first-order chi connectivity index (χ1) is 14.5. The number of carbonyl (C=O) groups is 1. The van der Waals surface area contributed by atoms with Gasteiger partial charge in [0.05, 0.1) is 16.9 Å². The van der Waals surface area contributed by atoms with E-state index in [9.17, 15) is 14.3 Å². The number of nitrogens with one attached hydrogen (secondary N) is 2. The number of nitrogens with zero attached hydrogens (tertiary/aromatic N) is 1. The van der Waals surface area contributed by atoms with Crippen LogP contribution in [-0.4, -0.2) is 28.3 Å². The smallest absolute Gasteiger partial charge is 0.235 e. The molecule has 0 aromatic heterocycles. The van der Waals surface area contributed by atoms with E-state index < -0.39 is 16.8 Å².